The quantitative estimate of drug-likeness (QED) is 0.492. The molecular formula is C10H17NO6. The Morgan fingerprint density at radius 3 is 2.00 bits per heavy atom. The van der Waals surface area contributed by atoms with Crippen molar-refractivity contribution in [3.05, 3.63) is 0 Å². The van der Waals surface area contributed by atoms with E-state index in [1.165, 1.54) is 20.8 Å². The van der Waals surface area contributed by atoms with Crippen LogP contribution in [0.1, 0.15) is 20.8 Å². The standard InChI is InChI=1S/C10H17NO6/c1-6(11)10(14)16-5-9(17-8(3)13)4-15-7(2)12/h6,9H,4-5,11H2,1-3H3. The Morgan fingerprint density at radius 2 is 1.59 bits per heavy atom. The Labute approximate surface area is 99.2 Å². The van der Waals surface area contributed by atoms with Crippen molar-refractivity contribution in [2.45, 2.75) is 32.9 Å². The molecule has 7 heteroatoms. The van der Waals surface area contributed by atoms with Crippen LogP contribution in [0.2, 0.25) is 0 Å². The van der Waals surface area contributed by atoms with Gasteiger partial charge in [-0.05, 0) is 6.92 Å². The summed E-state index contributed by atoms with van der Waals surface area (Å²) in [5.74, 6) is -1.69. The van der Waals surface area contributed by atoms with Crippen molar-refractivity contribution in [1.29, 1.82) is 0 Å². The van der Waals surface area contributed by atoms with Crippen molar-refractivity contribution in [3.8, 4) is 0 Å². The normalized spacial score (nSPS) is 13.4. The smallest absolute Gasteiger partial charge is 0.322 e. The van der Waals surface area contributed by atoms with Gasteiger partial charge in [0.1, 0.15) is 19.3 Å². The summed E-state index contributed by atoms with van der Waals surface area (Å²) in [5, 5.41) is 0. The van der Waals surface area contributed by atoms with Gasteiger partial charge in [0.25, 0.3) is 0 Å². The minimum Gasteiger partial charge on any atom is -0.462 e. The molecular weight excluding hydrogens is 230 g/mol. The van der Waals surface area contributed by atoms with Crippen molar-refractivity contribution >= 4 is 17.9 Å². The summed E-state index contributed by atoms with van der Waals surface area (Å²) >= 11 is 0. The van der Waals surface area contributed by atoms with E-state index in [0.29, 0.717) is 0 Å². The Kier molecular flexibility index (Phi) is 6.88. The van der Waals surface area contributed by atoms with Gasteiger partial charge in [-0.25, -0.2) is 0 Å². The van der Waals surface area contributed by atoms with Gasteiger partial charge in [-0.2, -0.15) is 0 Å². The molecule has 2 N–H and O–H groups in total. The highest BCUT2D eigenvalue weighted by molar-refractivity contribution is 5.75. The average Bonchev–Trinajstić information content (AvgIpc) is 2.20. The van der Waals surface area contributed by atoms with Crippen molar-refractivity contribution in [2.75, 3.05) is 13.2 Å². The Bertz CT molecular complexity index is 289. The first-order valence-electron chi connectivity index (χ1n) is 5.05. The van der Waals surface area contributed by atoms with Crippen molar-refractivity contribution < 1.29 is 28.6 Å². The molecule has 0 radical (unpaired) electrons. The number of nitrogens with two attached hydrogens (primary N) is 1. The third-order valence-electron chi connectivity index (χ3n) is 1.59. The second-order valence-corrected chi connectivity index (χ2v) is 3.45. The molecule has 0 fully saturated rings. The molecule has 98 valence electrons. The SMILES string of the molecule is CC(=O)OCC(COC(=O)C(C)N)OC(C)=O. The van der Waals surface area contributed by atoms with Crippen molar-refractivity contribution in [1.82, 2.24) is 0 Å². The maximum Gasteiger partial charge on any atom is 0.322 e. The van der Waals surface area contributed by atoms with Gasteiger partial charge in [-0.15, -0.1) is 0 Å². The first-order valence-corrected chi connectivity index (χ1v) is 5.05. The molecule has 0 amide bonds. The minimum atomic E-state index is -0.820. The van der Waals surface area contributed by atoms with Crippen LogP contribution in [0.25, 0.3) is 0 Å². The zero-order valence-corrected chi connectivity index (χ0v) is 10.1. The molecule has 0 aromatic carbocycles. The second-order valence-electron chi connectivity index (χ2n) is 3.45. The molecule has 7 nitrogen and oxygen atoms in total. The molecule has 0 spiro atoms. The molecule has 0 aromatic heterocycles. The van der Waals surface area contributed by atoms with E-state index in [1.54, 1.807) is 0 Å². The van der Waals surface area contributed by atoms with Gasteiger partial charge in [0.2, 0.25) is 0 Å². The fraction of sp³-hybridized carbons (Fsp3) is 0.700. The van der Waals surface area contributed by atoms with Gasteiger partial charge < -0.3 is 19.9 Å². The molecule has 0 heterocycles. The van der Waals surface area contributed by atoms with Crippen LogP contribution in [0.3, 0.4) is 0 Å². The molecule has 2 unspecified atom stereocenters. The summed E-state index contributed by atoms with van der Waals surface area (Å²) in [6, 6.07) is -0.762. The number of rotatable bonds is 6. The molecule has 0 aliphatic heterocycles. The molecule has 0 aliphatic carbocycles. The summed E-state index contributed by atoms with van der Waals surface area (Å²) in [6.07, 6.45) is -0.820. The van der Waals surface area contributed by atoms with Gasteiger partial charge in [0.05, 0.1) is 0 Å². The highest BCUT2D eigenvalue weighted by atomic mass is 16.6. The fourth-order valence-electron chi connectivity index (χ4n) is 0.868. The summed E-state index contributed by atoms with van der Waals surface area (Å²) < 4.78 is 14.2. The highest BCUT2D eigenvalue weighted by Gasteiger charge is 2.18. The molecule has 0 aromatic rings. The predicted molar refractivity (Wildman–Crippen MR) is 56.8 cm³/mol. The number of ether oxygens (including phenoxy) is 3. The topological polar surface area (TPSA) is 105 Å². The lowest BCUT2D eigenvalue weighted by molar-refractivity contribution is -0.165. The summed E-state index contributed by atoms with van der Waals surface area (Å²) in [4.78, 5) is 32.4. The van der Waals surface area contributed by atoms with Crippen LogP contribution in [0.5, 0.6) is 0 Å². The number of hydrogen-bond acceptors (Lipinski definition) is 7. The van der Waals surface area contributed by atoms with Crippen LogP contribution in [0.15, 0.2) is 0 Å². The third-order valence-corrected chi connectivity index (χ3v) is 1.59. The van der Waals surface area contributed by atoms with E-state index in [2.05, 4.69) is 4.74 Å². The van der Waals surface area contributed by atoms with E-state index in [4.69, 9.17) is 15.2 Å². The molecule has 17 heavy (non-hydrogen) atoms. The van der Waals surface area contributed by atoms with Crippen molar-refractivity contribution in [2.24, 2.45) is 5.73 Å². The number of carbonyl (C=O) groups is 3. The van der Waals surface area contributed by atoms with Crippen LogP contribution in [-0.2, 0) is 28.6 Å². The molecule has 0 aliphatic rings. The zero-order valence-electron chi connectivity index (χ0n) is 10.1. The van der Waals surface area contributed by atoms with Crippen LogP contribution >= 0.6 is 0 Å². The fourth-order valence-corrected chi connectivity index (χ4v) is 0.868. The number of hydrogen-bond donors (Lipinski definition) is 1. The summed E-state index contributed by atoms with van der Waals surface area (Å²) in [5.41, 5.74) is 5.28. The molecule has 0 saturated heterocycles. The molecule has 2 atom stereocenters. The molecule has 0 bridgehead atoms. The van der Waals surface area contributed by atoms with E-state index >= 15 is 0 Å². The molecule has 0 saturated carbocycles. The zero-order chi connectivity index (χ0) is 13.4. The van der Waals surface area contributed by atoms with Gasteiger partial charge >= 0.3 is 17.9 Å². The largest absolute Gasteiger partial charge is 0.462 e. The van der Waals surface area contributed by atoms with E-state index < -0.39 is 30.1 Å². The van der Waals surface area contributed by atoms with E-state index in [-0.39, 0.29) is 13.2 Å². The van der Waals surface area contributed by atoms with Crippen LogP contribution in [0.4, 0.5) is 0 Å². The monoisotopic (exact) mass is 247 g/mol. The average molecular weight is 247 g/mol. The number of esters is 3. The van der Waals surface area contributed by atoms with E-state index in [1.807, 2.05) is 0 Å². The first kappa shape index (κ1) is 15.4. The lowest BCUT2D eigenvalue weighted by Gasteiger charge is -2.17. The van der Waals surface area contributed by atoms with Crippen LogP contribution in [-0.4, -0.2) is 43.3 Å². The Balaban J connectivity index is 4.14. The van der Waals surface area contributed by atoms with E-state index in [0.717, 1.165) is 0 Å². The van der Waals surface area contributed by atoms with Gasteiger partial charge in [-0.1, -0.05) is 0 Å². The van der Waals surface area contributed by atoms with E-state index in [9.17, 15) is 14.4 Å². The highest BCUT2D eigenvalue weighted by Crippen LogP contribution is 1.98. The summed E-state index contributed by atoms with van der Waals surface area (Å²) in [6.45, 7) is 3.52. The predicted octanol–water partition coefficient (Wildman–Crippen LogP) is -0.628. The van der Waals surface area contributed by atoms with Gasteiger partial charge in [0, 0.05) is 13.8 Å². The second kappa shape index (κ2) is 7.61. The van der Waals surface area contributed by atoms with Crippen LogP contribution in [0, 0.1) is 0 Å². The minimum absolute atomic E-state index is 0.166. The lowest BCUT2D eigenvalue weighted by Crippen LogP contribution is -2.34. The lowest BCUT2D eigenvalue weighted by atomic mass is 10.3. The third kappa shape index (κ3) is 8.21. The number of carbonyl (C=O) groups excluding carboxylic acids is 3. The Hall–Kier alpha value is -1.63. The van der Waals surface area contributed by atoms with Crippen LogP contribution < -0.4 is 5.73 Å². The van der Waals surface area contributed by atoms with Crippen molar-refractivity contribution in [3.63, 3.8) is 0 Å². The summed E-state index contributed by atoms with van der Waals surface area (Å²) in [7, 11) is 0. The first-order chi connectivity index (χ1) is 7.82. The maximum atomic E-state index is 11.1. The van der Waals surface area contributed by atoms with Gasteiger partial charge in [-0.3, -0.25) is 14.4 Å². The maximum absolute atomic E-state index is 11.1. The molecule has 0 rings (SSSR count). The van der Waals surface area contributed by atoms with Gasteiger partial charge in [0.15, 0.2) is 6.10 Å². The Morgan fingerprint density at radius 1 is 1.06 bits per heavy atom.